The van der Waals surface area contributed by atoms with E-state index in [1.54, 1.807) is 17.0 Å². The first-order valence-corrected chi connectivity index (χ1v) is 11.0. The SMILES string of the molecule is O=C(CCCCl)NC1CCCCC1N1Cc2ccc(-c3noc(C(F)(F)F)n3)cc2C1=O. The Morgan fingerprint density at radius 1 is 1.28 bits per heavy atom. The van der Waals surface area contributed by atoms with Crippen LogP contribution in [0.3, 0.4) is 0 Å². The second-order valence-corrected chi connectivity index (χ2v) is 8.42. The summed E-state index contributed by atoms with van der Waals surface area (Å²) in [5, 5.41) is 6.45. The highest BCUT2D eigenvalue weighted by molar-refractivity contribution is 6.17. The van der Waals surface area contributed by atoms with Crippen LogP contribution in [-0.4, -0.2) is 44.8 Å². The lowest BCUT2D eigenvalue weighted by atomic mass is 9.89. The number of nitrogens with one attached hydrogen (secondary N) is 1. The number of hydrogen-bond donors (Lipinski definition) is 1. The van der Waals surface area contributed by atoms with E-state index in [1.807, 2.05) is 0 Å². The van der Waals surface area contributed by atoms with Gasteiger partial charge in [-0.1, -0.05) is 30.1 Å². The molecule has 2 aliphatic rings. The minimum Gasteiger partial charge on any atom is -0.351 e. The Hall–Kier alpha value is -2.62. The van der Waals surface area contributed by atoms with E-state index in [2.05, 4.69) is 20.0 Å². The van der Waals surface area contributed by atoms with Crippen molar-refractivity contribution in [2.45, 2.75) is 63.3 Å². The largest absolute Gasteiger partial charge is 0.471 e. The summed E-state index contributed by atoms with van der Waals surface area (Å²) < 4.78 is 42.6. The molecule has 1 aromatic carbocycles. The smallest absolute Gasteiger partial charge is 0.351 e. The summed E-state index contributed by atoms with van der Waals surface area (Å²) in [7, 11) is 0. The number of benzene rings is 1. The van der Waals surface area contributed by atoms with Crippen LogP contribution in [0.2, 0.25) is 0 Å². The fourth-order valence-electron chi connectivity index (χ4n) is 4.35. The zero-order valence-corrected chi connectivity index (χ0v) is 17.9. The molecular weight excluding hydrogens is 449 g/mol. The number of aromatic nitrogens is 2. The number of halogens is 4. The molecule has 2 unspecified atom stereocenters. The van der Waals surface area contributed by atoms with Gasteiger partial charge in [0.05, 0.1) is 6.04 Å². The molecule has 11 heteroatoms. The maximum Gasteiger partial charge on any atom is 0.471 e. The van der Waals surface area contributed by atoms with Gasteiger partial charge in [0, 0.05) is 36.0 Å². The van der Waals surface area contributed by atoms with Crippen LogP contribution in [0.25, 0.3) is 11.4 Å². The van der Waals surface area contributed by atoms with E-state index in [0.29, 0.717) is 30.8 Å². The van der Waals surface area contributed by atoms with Crippen molar-refractivity contribution in [1.29, 1.82) is 0 Å². The molecule has 1 fully saturated rings. The average Bonchev–Trinajstić information content (AvgIpc) is 3.38. The van der Waals surface area contributed by atoms with E-state index in [4.69, 9.17) is 11.6 Å². The van der Waals surface area contributed by atoms with Crippen LogP contribution < -0.4 is 5.32 Å². The first-order valence-electron chi connectivity index (χ1n) is 10.5. The monoisotopic (exact) mass is 470 g/mol. The second kappa shape index (κ2) is 9.09. The molecular formula is C21H22ClF3N4O3. The van der Waals surface area contributed by atoms with Gasteiger partial charge in [-0.05, 0) is 30.9 Å². The Kier molecular flexibility index (Phi) is 6.41. The van der Waals surface area contributed by atoms with Gasteiger partial charge in [0.1, 0.15) is 0 Å². The minimum absolute atomic E-state index is 0.0772. The van der Waals surface area contributed by atoms with Crippen LogP contribution in [0.15, 0.2) is 22.7 Å². The molecule has 2 aromatic rings. The summed E-state index contributed by atoms with van der Waals surface area (Å²) in [6.45, 7) is 0.382. The van der Waals surface area contributed by atoms with Crippen LogP contribution in [0, 0.1) is 0 Å². The zero-order chi connectivity index (χ0) is 22.9. The molecule has 2 atom stereocenters. The van der Waals surface area contributed by atoms with Crippen molar-refractivity contribution in [3.8, 4) is 11.4 Å². The third kappa shape index (κ3) is 4.60. The number of carbonyl (C=O) groups excluding carboxylic acids is 2. The summed E-state index contributed by atoms with van der Waals surface area (Å²) in [6, 6.07) is 4.49. The topological polar surface area (TPSA) is 88.3 Å². The Balaban J connectivity index is 1.52. The van der Waals surface area contributed by atoms with Gasteiger partial charge in [-0.2, -0.15) is 18.2 Å². The van der Waals surface area contributed by atoms with E-state index in [1.165, 1.54) is 6.07 Å². The summed E-state index contributed by atoms with van der Waals surface area (Å²) in [6.07, 6.45) is -0.331. The van der Waals surface area contributed by atoms with Crippen LogP contribution in [0.1, 0.15) is 60.3 Å². The quantitative estimate of drug-likeness (QED) is 0.640. The van der Waals surface area contributed by atoms with Gasteiger partial charge in [-0.25, -0.2) is 0 Å². The fraction of sp³-hybridized carbons (Fsp3) is 0.524. The molecule has 172 valence electrons. The average molecular weight is 471 g/mol. The molecule has 0 spiro atoms. The van der Waals surface area contributed by atoms with Crippen molar-refractivity contribution in [1.82, 2.24) is 20.4 Å². The fourth-order valence-corrected chi connectivity index (χ4v) is 4.48. The number of hydrogen-bond acceptors (Lipinski definition) is 5. The van der Waals surface area contributed by atoms with E-state index >= 15 is 0 Å². The van der Waals surface area contributed by atoms with Crippen molar-refractivity contribution in [3.63, 3.8) is 0 Å². The van der Waals surface area contributed by atoms with Crippen molar-refractivity contribution < 1.29 is 27.3 Å². The van der Waals surface area contributed by atoms with Crippen molar-refractivity contribution in [2.24, 2.45) is 0 Å². The maximum absolute atomic E-state index is 13.2. The molecule has 0 radical (unpaired) electrons. The standard InChI is InChI=1S/C21H22ClF3N4O3/c22-9-3-6-17(30)26-15-4-1-2-5-16(15)29-11-13-8-7-12(10-14(13)19(29)31)18-27-20(32-28-18)21(23,24)25/h7-8,10,15-16H,1-6,9,11H2,(H,26,30). The highest BCUT2D eigenvalue weighted by atomic mass is 35.5. The summed E-state index contributed by atoms with van der Waals surface area (Å²) in [5.41, 5.74) is 1.45. The van der Waals surface area contributed by atoms with E-state index in [-0.39, 0.29) is 35.3 Å². The molecule has 0 bridgehead atoms. The predicted molar refractivity (Wildman–Crippen MR) is 109 cm³/mol. The lowest BCUT2D eigenvalue weighted by Gasteiger charge is -2.38. The highest BCUT2D eigenvalue weighted by Gasteiger charge is 2.40. The number of rotatable bonds is 6. The van der Waals surface area contributed by atoms with E-state index in [0.717, 1.165) is 31.2 Å². The number of alkyl halides is 4. The van der Waals surface area contributed by atoms with Gasteiger partial charge in [0.25, 0.3) is 5.91 Å². The molecule has 0 saturated heterocycles. The van der Waals surface area contributed by atoms with Gasteiger partial charge >= 0.3 is 12.1 Å². The predicted octanol–water partition coefficient (Wildman–Crippen LogP) is 4.16. The lowest BCUT2D eigenvalue weighted by Crippen LogP contribution is -2.53. The van der Waals surface area contributed by atoms with Crippen molar-refractivity contribution >= 4 is 23.4 Å². The summed E-state index contributed by atoms with van der Waals surface area (Å²) >= 11 is 5.67. The Morgan fingerprint density at radius 2 is 2.06 bits per heavy atom. The Bertz CT molecular complexity index is 1010. The van der Waals surface area contributed by atoms with Crippen molar-refractivity contribution in [3.05, 3.63) is 35.2 Å². The van der Waals surface area contributed by atoms with Crippen LogP contribution >= 0.6 is 11.6 Å². The molecule has 1 aromatic heterocycles. The molecule has 2 amide bonds. The van der Waals surface area contributed by atoms with Crippen LogP contribution in [0.4, 0.5) is 13.2 Å². The molecule has 32 heavy (non-hydrogen) atoms. The first-order chi connectivity index (χ1) is 15.3. The van der Waals surface area contributed by atoms with Gasteiger partial charge in [0.2, 0.25) is 11.7 Å². The highest BCUT2D eigenvalue weighted by Crippen LogP contribution is 2.34. The van der Waals surface area contributed by atoms with Gasteiger partial charge in [-0.15, -0.1) is 11.6 Å². The second-order valence-electron chi connectivity index (χ2n) is 8.04. The van der Waals surface area contributed by atoms with E-state index < -0.39 is 12.1 Å². The molecule has 1 aliphatic carbocycles. The summed E-state index contributed by atoms with van der Waals surface area (Å²) in [4.78, 5) is 30.6. The molecule has 7 nitrogen and oxygen atoms in total. The van der Waals surface area contributed by atoms with Gasteiger partial charge in [-0.3, -0.25) is 9.59 Å². The zero-order valence-electron chi connectivity index (χ0n) is 17.1. The molecule has 1 saturated carbocycles. The van der Waals surface area contributed by atoms with E-state index in [9.17, 15) is 22.8 Å². The third-order valence-electron chi connectivity index (χ3n) is 5.88. The number of nitrogens with zero attached hydrogens (tertiary/aromatic N) is 3. The van der Waals surface area contributed by atoms with Crippen LogP contribution in [-0.2, 0) is 17.5 Å². The lowest BCUT2D eigenvalue weighted by molar-refractivity contribution is -0.159. The molecule has 2 heterocycles. The van der Waals surface area contributed by atoms with Crippen LogP contribution in [0.5, 0.6) is 0 Å². The number of fused-ring (bicyclic) bond motifs is 1. The number of amides is 2. The number of carbonyl (C=O) groups is 2. The first kappa shape index (κ1) is 22.6. The third-order valence-corrected chi connectivity index (χ3v) is 6.15. The molecule has 1 N–H and O–H groups in total. The van der Waals surface area contributed by atoms with Gasteiger partial charge in [0.15, 0.2) is 0 Å². The Labute approximate surface area is 187 Å². The normalized spacial score (nSPS) is 21.0. The molecule has 1 aliphatic heterocycles. The maximum atomic E-state index is 13.2. The van der Waals surface area contributed by atoms with Crippen molar-refractivity contribution in [2.75, 3.05) is 5.88 Å². The minimum atomic E-state index is -4.74. The molecule has 4 rings (SSSR count). The Morgan fingerprint density at radius 3 is 2.78 bits per heavy atom. The summed E-state index contributed by atoms with van der Waals surface area (Å²) in [5.74, 6) is -1.54. The van der Waals surface area contributed by atoms with Gasteiger partial charge < -0.3 is 14.7 Å².